The minimum absolute atomic E-state index is 0.215. The highest BCUT2D eigenvalue weighted by Crippen LogP contribution is 2.13. The molecule has 2 amide bonds. The number of unbranched alkanes of at least 4 members (excludes halogenated alkanes) is 22. The summed E-state index contributed by atoms with van der Waals surface area (Å²) in [5.74, 6) is 0.431. The van der Waals surface area contributed by atoms with Gasteiger partial charge in [-0.3, -0.25) is 18.0 Å². The van der Waals surface area contributed by atoms with E-state index in [2.05, 4.69) is 105 Å². The van der Waals surface area contributed by atoms with Crippen LogP contribution in [0.25, 0.3) is 0 Å². The summed E-state index contributed by atoms with van der Waals surface area (Å²) in [6.45, 7) is 8.82. The number of quaternary nitrogens is 2. The molecule has 0 aliphatic rings. The molecular formula is C48H98N4O6S. The van der Waals surface area contributed by atoms with Crippen molar-refractivity contribution in [3.05, 3.63) is 24.3 Å². The third kappa shape index (κ3) is 52.3. The summed E-state index contributed by atoms with van der Waals surface area (Å²) in [5, 5.41) is 6.36. The molecule has 0 fully saturated rings. The van der Waals surface area contributed by atoms with Crippen LogP contribution < -0.4 is 10.6 Å². The number of amides is 2. The molecule has 0 spiro atoms. The van der Waals surface area contributed by atoms with Crippen LogP contribution in [-0.4, -0.2) is 92.9 Å². The molecule has 352 valence electrons. The minimum atomic E-state index is -5.17. The molecule has 0 saturated heterocycles. The quantitative estimate of drug-likeness (QED) is 0.0161. The lowest BCUT2D eigenvalue weighted by Gasteiger charge is -2.33. The zero-order chi connectivity index (χ0) is 45.3. The van der Waals surface area contributed by atoms with Crippen LogP contribution in [0, 0.1) is 0 Å². The standard InChI is InChI=1S/2C24H48N2O.H2O4S/c2*1-6-8-9-10-11-12-13-14-15-16-17-18-19-20-21-22-24(27)25-23(7-2)26(3,4)5;1-5(2,3)4/h2*14-15,23H,6-13,16-22H2,1-5H3;(H2,1,2,3,4)/b2*15-14-;. The summed E-state index contributed by atoms with van der Waals surface area (Å²) in [6, 6.07) is 0. The van der Waals surface area contributed by atoms with E-state index in [1.54, 1.807) is 0 Å². The molecule has 2 unspecified atom stereocenters. The number of hydrogen-bond donors (Lipinski definition) is 2. The molecular weight excluding hydrogens is 761 g/mol. The topological polar surface area (TPSA) is 138 Å². The van der Waals surface area contributed by atoms with Gasteiger partial charge >= 0.3 is 0 Å². The van der Waals surface area contributed by atoms with E-state index in [1.165, 1.54) is 154 Å². The van der Waals surface area contributed by atoms with Gasteiger partial charge in [0.2, 0.25) is 11.8 Å². The average molecular weight is 859 g/mol. The van der Waals surface area contributed by atoms with Gasteiger partial charge in [-0.05, 0) is 64.2 Å². The molecule has 0 aliphatic heterocycles. The van der Waals surface area contributed by atoms with Crippen LogP contribution in [0.4, 0.5) is 0 Å². The summed E-state index contributed by atoms with van der Waals surface area (Å²) in [6.07, 6.45) is 46.9. The van der Waals surface area contributed by atoms with Crippen LogP contribution in [0.1, 0.15) is 220 Å². The first-order chi connectivity index (χ1) is 27.8. The summed E-state index contributed by atoms with van der Waals surface area (Å²) < 4.78 is 35.7. The summed E-state index contributed by atoms with van der Waals surface area (Å²) in [4.78, 5) is 24.1. The van der Waals surface area contributed by atoms with Gasteiger partial charge in [0.25, 0.3) is 0 Å². The fourth-order valence-corrected chi connectivity index (χ4v) is 6.92. The number of hydrogen-bond acceptors (Lipinski definition) is 6. The van der Waals surface area contributed by atoms with E-state index in [1.807, 2.05) is 0 Å². The van der Waals surface area contributed by atoms with Gasteiger partial charge in [0, 0.05) is 36.1 Å². The Morgan fingerprint density at radius 3 is 0.881 bits per heavy atom. The first-order valence-corrected chi connectivity index (χ1v) is 25.3. The van der Waals surface area contributed by atoms with Crippen LogP contribution >= 0.6 is 0 Å². The molecule has 0 rings (SSSR count). The Hall–Kier alpha value is -1.79. The van der Waals surface area contributed by atoms with Crippen molar-refractivity contribution in [2.75, 3.05) is 42.3 Å². The predicted molar refractivity (Wildman–Crippen MR) is 250 cm³/mol. The highest BCUT2D eigenvalue weighted by molar-refractivity contribution is 7.79. The molecule has 10 nitrogen and oxygen atoms in total. The van der Waals surface area contributed by atoms with E-state index in [-0.39, 0.29) is 24.1 Å². The molecule has 0 aliphatic carbocycles. The second-order valence-electron chi connectivity index (χ2n) is 18.3. The summed E-state index contributed by atoms with van der Waals surface area (Å²) >= 11 is 0. The number of allylic oxidation sites excluding steroid dienone is 4. The Labute approximate surface area is 367 Å². The number of nitrogens with zero attached hydrogens (tertiary/aromatic N) is 2. The molecule has 0 heterocycles. The van der Waals surface area contributed by atoms with E-state index in [0.29, 0.717) is 12.8 Å². The molecule has 0 radical (unpaired) electrons. The van der Waals surface area contributed by atoms with Crippen LogP contribution in [0.15, 0.2) is 24.3 Å². The van der Waals surface area contributed by atoms with E-state index in [4.69, 9.17) is 17.5 Å². The fraction of sp³-hybridized carbons (Fsp3) is 0.875. The molecule has 0 aromatic rings. The zero-order valence-electron chi connectivity index (χ0n) is 40.4. The fourth-order valence-electron chi connectivity index (χ4n) is 6.92. The van der Waals surface area contributed by atoms with Gasteiger partial charge in [-0.15, -0.1) is 0 Å². The second-order valence-corrected chi connectivity index (χ2v) is 19.1. The second kappa shape index (κ2) is 41.6. The lowest BCUT2D eigenvalue weighted by Crippen LogP contribution is -2.54. The maximum absolute atomic E-state index is 12.1. The molecule has 2 atom stereocenters. The Balaban J connectivity index is -0.000000951. The summed E-state index contributed by atoms with van der Waals surface area (Å²) in [5.41, 5.74) is 0. The van der Waals surface area contributed by atoms with E-state index in [0.717, 1.165) is 34.6 Å². The van der Waals surface area contributed by atoms with Gasteiger partial charge in [-0.1, -0.05) is 155 Å². The van der Waals surface area contributed by atoms with Crippen LogP contribution in [0.5, 0.6) is 0 Å². The smallest absolute Gasteiger partial charge is 0.224 e. The summed E-state index contributed by atoms with van der Waals surface area (Å²) in [7, 11) is 7.65. The normalized spacial score (nSPS) is 13.1. The largest absolute Gasteiger partial charge is 0.759 e. The minimum Gasteiger partial charge on any atom is -0.759 e. The van der Waals surface area contributed by atoms with Crippen molar-refractivity contribution in [3.8, 4) is 0 Å². The number of rotatable bonds is 36. The molecule has 59 heavy (non-hydrogen) atoms. The maximum atomic E-state index is 12.1. The predicted octanol–water partition coefficient (Wildman–Crippen LogP) is 11.8. The number of carbonyl (C=O) groups is 2. The van der Waals surface area contributed by atoms with Gasteiger partial charge in [0.05, 0.1) is 42.3 Å². The van der Waals surface area contributed by atoms with Gasteiger partial charge in [-0.2, -0.15) is 0 Å². The number of carbonyl (C=O) groups excluding carboxylic acids is 2. The zero-order valence-corrected chi connectivity index (χ0v) is 41.2. The highest BCUT2D eigenvalue weighted by atomic mass is 32.3. The Kier molecular flexibility index (Phi) is 43.3. The Morgan fingerprint density at radius 1 is 0.441 bits per heavy atom. The highest BCUT2D eigenvalue weighted by Gasteiger charge is 2.24. The van der Waals surface area contributed by atoms with Crippen LogP contribution in [-0.2, 0) is 20.0 Å². The van der Waals surface area contributed by atoms with Crippen molar-refractivity contribution in [1.82, 2.24) is 10.6 Å². The molecule has 2 N–H and O–H groups in total. The van der Waals surface area contributed by atoms with Crippen molar-refractivity contribution in [2.24, 2.45) is 0 Å². The first-order valence-electron chi connectivity index (χ1n) is 24.0. The van der Waals surface area contributed by atoms with E-state index >= 15 is 0 Å². The van der Waals surface area contributed by atoms with Crippen molar-refractivity contribution >= 4 is 22.2 Å². The van der Waals surface area contributed by atoms with Crippen LogP contribution in [0.2, 0.25) is 0 Å². The van der Waals surface area contributed by atoms with Crippen molar-refractivity contribution in [2.45, 2.75) is 233 Å². The van der Waals surface area contributed by atoms with Crippen LogP contribution in [0.3, 0.4) is 0 Å². The average Bonchev–Trinajstić information content (AvgIpc) is 3.14. The van der Waals surface area contributed by atoms with E-state index in [9.17, 15) is 9.59 Å². The SMILES string of the molecule is CCCCCCCC/C=C\CCCCCCCC(=O)NC(CC)[N+](C)(C)C.CCCCCCCC/C=C\CCCCCCCC(=O)NC(CC)[N+](C)(C)C.O=S(=O)([O-])[O-]. The van der Waals surface area contributed by atoms with Gasteiger partial charge in [-0.25, -0.2) is 0 Å². The lowest BCUT2D eigenvalue weighted by molar-refractivity contribution is -0.898. The molecule has 0 saturated carbocycles. The Morgan fingerprint density at radius 2 is 0.661 bits per heavy atom. The molecule has 0 aromatic carbocycles. The third-order valence-corrected chi connectivity index (χ3v) is 10.6. The lowest BCUT2D eigenvalue weighted by atomic mass is 10.1. The van der Waals surface area contributed by atoms with Gasteiger partial charge in [0.15, 0.2) is 12.3 Å². The van der Waals surface area contributed by atoms with E-state index < -0.39 is 10.4 Å². The molecule has 0 bridgehead atoms. The monoisotopic (exact) mass is 859 g/mol. The maximum Gasteiger partial charge on any atom is 0.224 e. The van der Waals surface area contributed by atoms with Gasteiger partial charge in [0.1, 0.15) is 0 Å². The number of nitrogens with one attached hydrogen (secondary N) is 2. The molecule has 0 aromatic heterocycles. The first kappa shape index (κ1) is 61.5. The molecule has 11 heteroatoms. The third-order valence-electron chi connectivity index (χ3n) is 10.6. The van der Waals surface area contributed by atoms with Gasteiger partial charge < -0.3 is 28.7 Å². The van der Waals surface area contributed by atoms with Crippen molar-refractivity contribution in [3.63, 3.8) is 0 Å². The van der Waals surface area contributed by atoms with Crippen molar-refractivity contribution in [1.29, 1.82) is 0 Å². The van der Waals surface area contributed by atoms with Crippen molar-refractivity contribution < 1.29 is 36.1 Å². The Bertz CT molecular complexity index is 1040.